The molecule has 1 aromatic heterocycles. The van der Waals surface area contributed by atoms with Crippen molar-refractivity contribution in [3.63, 3.8) is 0 Å². The van der Waals surface area contributed by atoms with Gasteiger partial charge in [0, 0.05) is 36.6 Å². The number of amides is 1. The van der Waals surface area contributed by atoms with Gasteiger partial charge >= 0.3 is 0 Å². The van der Waals surface area contributed by atoms with Gasteiger partial charge in [-0.15, -0.1) is 0 Å². The van der Waals surface area contributed by atoms with Crippen LogP contribution in [0.2, 0.25) is 0 Å². The van der Waals surface area contributed by atoms with Gasteiger partial charge in [-0.3, -0.25) is 9.69 Å². The third-order valence-electron chi connectivity index (χ3n) is 6.58. The highest BCUT2D eigenvalue weighted by Gasteiger charge is 2.26. The SMILES string of the molecule is CCc1ccc([C@@H](C)NC(=O)C2CCN(Cc3cn(C)c4ccccc34)CC2)cc1. The van der Waals surface area contributed by atoms with Gasteiger partial charge in [0.05, 0.1) is 6.04 Å². The van der Waals surface area contributed by atoms with Crippen LogP contribution in [0.5, 0.6) is 0 Å². The van der Waals surface area contributed by atoms with E-state index < -0.39 is 0 Å². The third kappa shape index (κ3) is 4.44. The van der Waals surface area contributed by atoms with Gasteiger partial charge in [-0.1, -0.05) is 49.4 Å². The monoisotopic (exact) mass is 403 g/mol. The maximum absolute atomic E-state index is 12.8. The van der Waals surface area contributed by atoms with Gasteiger partial charge in [0.25, 0.3) is 0 Å². The van der Waals surface area contributed by atoms with Gasteiger partial charge in [0.15, 0.2) is 0 Å². The van der Waals surface area contributed by atoms with Crippen molar-refractivity contribution in [1.29, 1.82) is 0 Å². The molecule has 158 valence electrons. The first-order valence-corrected chi connectivity index (χ1v) is 11.2. The van der Waals surface area contributed by atoms with Crippen LogP contribution in [0.3, 0.4) is 0 Å². The number of aromatic nitrogens is 1. The Hall–Kier alpha value is -2.59. The second-order valence-electron chi connectivity index (χ2n) is 8.66. The molecule has 30 heavy (non-hydrogen) atoms. The van der Waals surface area contributed by atoms with E-state index in [1.165, 1.54) is 27.6 Å². The zero-order chi connectivity index (χ0) is 21.1. The van der Waals surface area contributed by atoms with E-state index in [1.807, 2.05) is 0 Å². The fourth-order valence-corrected chi connectivity index (χ4v) is 4.60. The van der Waals surface area contributed by atoms with Gasteiger partial charge in [-0.2, -0.15) is 0 Å². The Bertz CT molecular complexity index is 997. The maximum Gasteiger partial charge on any atom is 0.223 e. The van der Waals surface area contributed by atoms with Crippen LogP contribution in [-0.2, 0) is 24.8 Å². The molecule has 2 heterocycles. The van der Waals surface area contributed by atoms with E-state index in [0.717, 1.165) is 38.9 Å². The number of hydrogen-bond donors (Lipinski definition) is 1. The molecule has 1 atom stereocenters. The van der Waals surface area contributed by atoms with Crippen LogP contribution >= 0.6 is 0 Å². The minimum atomic E-state index is 0.0529. The highest BCUT2D eigenvalue weighted by Crippen LogP contribution is 2.25. The number of nitrogens with zero attached hydrogens (tertiary/aromatic N) is 2. The molecule has 1 N–H and O–H groups in total. The first-order valence-electron chi connectivity index (χ1n) is 11.2. The van der Waals surface area contributed by atoms with Crippen molar-refractivity contribution >= 4 is 16.8 Å². The fraction of sp³-hybridized carbons (Fsp3) is 0.423. The quantitative estimate of drug-likeness (QED) is 0.640. The Labute approximate surface area is 179 Å². The molecular formula is C26H33N3O. The summed E-state index contributed by atoms with van der Waals surface area (Å²) in [5.41, 5.74) is 5.16. The minimum absolute atomic E-state index is 0.0529. The van der Waals surface area contributed by atoms with Gasteiger partial charge in [-0.05, 0) is 62.0 Å². The molecule has 1 aliphatic rings. The van der Waals surface area contributed by atoms with Crippen molar-refractivity contribution in [2.75, 3.05) is 13.1 Å². The smallest absolute Gasteiger partial charge is 0.223 e. The largest absolute Gasteiger partial charge is 0.350 e. The summed E-state index contributed by atoms with van der Waals surface area (Å²) in [4.78, 5) is 15.3. The number of carbonyl (C=O) groups is 1. The average Bonchev–Trinajstić information content (AvgIpc) is 3.09. The van der Waals surface area contributed by atoms with Crippen molar-refractivity contribution in [3.8, 4) is 0 Å². The molecule has 1 fully saturated rings. The molecule has 1 amide bonds. The van der Waals surface area contributed by atoms with E-state index in [2.05, 4.69) is 90.4 Å². The molecule has 4 nitrogen and oxygen atoms in total. The van der Waals surface area contributed by atoms with E-state index in [0.29, 0.717) is 0 Å². The number of para-hydroxylation sites is 1. The lowest BCUT2D eigenvalue weighted by molar-refractivity contribution is -0.127. The number of piperidine rings is 1. The van der Waals surface area contributed by atoms with Crippen LogP contribution in [0.15, 0.2) is 54.7 Å². The molecule has 1 saturated heterocycles. The number of benzene rings is 2. The second kappa shape index (κ2) is 9.05. The number of rotatable bonds is 6. The molecule has 0 aliphatic carbocycles. The average molecular weight is 404 g/mol. The number of fused-ring (bicyclic) bond motifs is 1. The summed E-state index contributed by atoms with van der Waals surface area (Å²) in [6, 6.07) is 17.2. The highest BCUT2D eigenvalue weighted by molar-refractivity contribution is 5.83. The molecule has 0 saturated carbocycles. The van der Waals surface area contributed by atoms with Crippen LogP contribution in [0.1, 0.15) is 49.4 Å². The molecule has 4 heteroatoms. The summed E-state index contributed by atoms with van der Waals surface area (Å²) in [5, 5.41) is 4.57. The summed E-state index contributed by atoms with van der Waals surface area (Å²) in [5.74, 6) is 0.318. The molecule has 0 radical (unpaired) electrons. The van der Waals surface area contributed by atoms with E-state index in [9.17, 15) is 4.79 Å². The summed E-state index contributed by atoms with van der Waals surface area (Å²) < 4.78 is 2.21. The van der Waals surface area contributed by atoms with Crippen LogP contribution in [-0.4, -0.2) is 28.5 Å². The lowest BCUT2D eigenvalue weighted by Crippen LogP contribution is -2.40. The summed E-state index contributed by atoms with van der Waals surface area (Å²) in [6.07, 6.45) is 5.14. The van der Waals surface area contributed by atoms with Crippen molar-refractivity contribution in [3.05, 3.63) is 71.4 Å². The Morgan fingerprint density at radius 2 is 1.80 bits per heavy atom. The molecule has 0 unspecified atom stereocenters. The maximum atomic E-state index is 12.8. The summed E-state index contributed by atoms with van der Waals surface area (Å²) in [7, 11) is 2.11. The Morgan fingerprint density at radius 3 is 2.50 bits per heavy atom. The van der Waals surface area contributed by atoms with E-state index in [1.54, 1.807) is 0 Å². The molecule has 4 rings (SSSR count). The fourth-order valence-electron chi connectivity index (χ4n) is 4.60. The molecule has 0 spiro atoms. The van der Waals surface area contributed by atoms with E-state index >= 15 is 0 Å². The predicted molar refractivity (Wildman–Crippen MR) is 123 cm³/mol. The number of hydrogen-bond acceptors (Lipinski definition) is 2. The predicted octanol–water partition coefficient (Wildman–Crippen LogP) is 4.83. The molecule has 1 aliphatic heterocycles. The summed E-state index contributed by atoms with van der Waals surface area (Å²) >= 11 is 0. The van der Waals surface area contributed by atoms with Crippen molar-refractivity contribution < 1.29 is 4.79 Å². The number of nitrogens with one attached hydrogen (secondary N) is 1. The van der Waals surface area contributed by atoms with E-state index in [4.69, 9.17) is 0 Å². The van der Waals surface area contributed by atoms with Gasteiger partial charge in [0.2, 0.25) is 5.91 Å². The number of aryl methyl sites for hydroxylation is 2. The van der Waals surface area contributed by atoms with Crippen LogP contribution in [0, 0.1) is 5.92 Å². The van der Waals surface area contributed by atoms with Crippen molar-refractivity contribution in [1.82, 2.24) is 14.8 Å². The Morgan fingerprint density at radius 1 is 1.10 bits per heavy atom. The standard InChI is InChI=1S/C26H33N3O/c1-4-20-9-11-21(12-10-20)19(2)27-26(30)22-13-15-29(16-14-22)18-23-17-28(3)25-8-6-5-7-24(23)25/h5-12,17,19,22H,4,13-16,18H2,1-3H3,(H,27,30)/t19-/m1/s1. The van der Waals surface area contributed by atoms with Crippen LogP contribution in [0.25, 0.3) is 10.9 Å². The minimum Gasteiger partial charge on any atom is -0.350 e. The van der Waals surface area contributed by atoms with Crippen molar-refractivity contribution in [2.24, 2.45) is 13.0 Å². The zero-order valence-corrected chi connectivity index (χ0v) is 18.4. The highest BCUT2D eigenvalue weighted by atomic mass is 16.1. The number of carbonyl (C=O) groups excluding carboxylic acids is 1. The second-order valence-corrected chi connectivity index (χ2v) is 8.66. The van der Waals surface area contributed by atoms with Gasteiger partial charge in [-0.25, -0.2) is 0 Å². The van der Waals surface area contributed by atoms with Crippen LogP contribution in [0.4, 0.5) is 0 Å². The van der Waals surface area contributed by atoms with Crippen LogP contribution < -0.4 is 5.32 Å². The zero-order valence-electron chi connectivity index (χ0n) is 18.4. The van der Waals surface area contributed by atoms with Gasteiger partial charge in [0.1, 0.15) is 0 Å². The molecule has 3 aromatic rings. The van der Waals surface area contributed by atoms with E-state index in [-0.39, 0.29) is 17.9 Å². The lowest BCUT2D eigenvalue weighted by atomic mass is 9.94. The number of likely N-dealkylation sites (tertiary alicyclic amines) is 1. The first kappa shape index (κ1) is 20.7. The third-order valence-corrected chi connectivity index (χ3v) is 6.58. The molecule has 2 aromatic carbocycles. The summed E-state index contributed by atoms with van der Waals surface area (Å²) in [6.45, 7) is 7.14. The normalized spacial score (nSPS) is 16.6. The van der Waals surface area contributed by atoms with Crippen molar-refractivity contribution in [2.45, 2.75) is 45.7 Å². The topological polar surface area (TPSA) is 37.3 Å². The lowest BCUT2D eigenvalue weighted by Gasteiger charge is -2.31. The Kier molecular flexibility index (Phi) is 6.24. The Balaban J connectivity index is 1.30. The molecular weight excluding hydrogens is 370 g/mol. The first-order chi connectivity index (χ1) is 14.5. The van der Waals surface area contributed by atoms with Gasteiger partial charge < -0.3 is 9.88 Å². The molecule has 0 bridgehead atoms.